The average molecular weight is 189 g/mol. The van der Waals surface area contributed by atoms with Gasteiger partial charge in [0.1, 0.15) is 0 Å². The average Bonchev–Trinajstić information content (AvgIpc) is 2.68. The molecule has 2 N–H and O–H groups in total. The van der Waals surface area contributed by atoms with Crippen LogP contribution in [-0.4, -0.2) is 16.7 Å². The molecule has 0 unspecified atom stereocenters. The molecule has 0 radical (unpaired) electrons. The molecule has 2 heterocycles. The van der Waals surface area contributed by atoms with Crippen molar-refractivity contribution in [2.45, 2.75) is 6.42 Å². The zero-order valence-electron chi connectivity index (χ0n) is 7.68. The molecule has 0 saturated heterocycles. The predicted molar refractivity (Wildman–Crippen MR) is 52.5 cm³/mol. The maximum absolute atomic E-state index is 5.48. The number of pyridine rings is 1. The van der Waals surface area contributed by atoms with Gasteiger partial charge in [-0.1, -0.05) is 5.16 Å². The maximum Gasteiger partial charge on any atom is 0.171 e. The van der Waals surface area contributed by atoms with E-state index in [1.54, 1.807) is 18.6 Å². The lowest BCUT2D eigenvalue weighted by Gasteiger charge is -1.97. The number of nitrogens with two attached hydrogens (primary N) is 1. The minimum Gasteiger partial charge on any atom is -0.356 e. The standard InChI is InChI=1S/C10H11N3O/c11-4-3-9-7-13-14-10(9)8-2-1-5-12-6-8/h1-2,5-7H,3-4,11H2. The van der Waals surface area contributed by atoms with Crippen LogP contribution in [0.1, 0.15) is 5.56 Å². The number of hydrogen-bond acceptors (Lipinski definition) is 4. The van der Waals surface area contributed by atoms with E-state index in [4.69, 9.17) is 10.3 Å². The molecule has 0 amide bonds. The van der Waals surface area contributed by atoms with E-state index in [2.05, 4.69) is 10.1 Å². The summed E-state index contributed by atoms with van der Waals surface area (Å²) in [6.45, 7) is 0.592. The molecular weight excluding hydrogens is 178 g/mol. The van der Waals surface area contributed by atoms with Gasteiger partial charge in [-0.3, -0.25) is 4.98 Å². The Labute approximate surface area is 81.7 Å². The lowest BCUT2D eigenvalue weighted by atomic mass is 10.1. The molecule has 2 aromatic rings. The van der Waals surface area contributed by atoms with Gasteiger partial charge in [-0.25, -0.2) is 0 Å². The predicted octanol–water partition coefficient (Wildman–Crippen LogP) is 1.24. The maximum atomic E-state index is 5.48. The second-order valence-corrected chi connectivity index (χ2v) is 2.96. The van der Waals surface area contributed by atoms with Crippen molar-refractivity contribution < 1.29 is 4.52 Å². The first kappa shape index (κ1) is 8.90. The lowest BCUT2D eigenvalue weighted by molar-refractivity contribution is 0.431. The second kappa shape index (κ2) is 4.02. The normalized spacial score (nSPS) is 10.4. The van der Waals surface area contributed by atoms with Gasteiger partial charge >= 0.3 is 0 Å². The number of rotatable bonds is 3. The van der Waals surface area contributed by atoms with Crippen molar-refractivity contribution in [2.24, 2.45) is 5.73 Å². The highest BCUT2D eigenvalue weighted by Crippen LogP contribution is 2.22. The largest absolute Gasteiger partial charge is 0.356 e. The zero-order chi connectivity index (χ0) is 9.80. The van der Waals surface area contributed by atoms with Crippen molar-refractivity contribution in [1.82, 2.24) is 10.1 Å². The van der Waals surface area contributed by atoms with Crippen LogP contribution < -0.4 is 5.73 Å². The Balaban J connectivity index is 2.37. The van der Waals surface area contributed by atoms with Gasteiger partial charge in [0.25, 0.3) is 0 Å². The van der Waals surface area contributed by atoms with Crippen LogP contribution in [0.3, 0.4) is 0 Å². The summed E-state index contributed by atoms with van der Waals surface area (Å²) >= 11 is 0. The fourth-order valence-corrected chi connectivity index (χ4v) is 1.33. The Hall–Kier alpha value is -1.68. The lowest BCUT2D eigenvalue weighted by Crippen LogP contribution is -2.02. The van der Waals surface area contributed by atoms with Gasteiger partial charge < -0.3 is 10.3 Å². The molecule has 72 valence electrons. The molecule has 0 bridgehead atoms. The monoisotopic (exact) mass is 189 g/mol. The highest BCUT2D eigenvalue weighted by molar-refractivity contribution is 5.59. The van der Waals surface area contributed by atoms with Crippen LogP contribution in [0.5, 0.6) is 0 Å². The van der Waals surface area contributed by atoms with E-state index in [0.717, 1.165) is 23.3 Å². The Morgan fingerprint density at radius 3 is 3.00 bits per heavy atom. The molecule has 2 aromatic heterocycles. The van der Waals surface area contributed by atoms with Crippen LogP contribution in [0.4, 0.5) is 0 Å². The molecule has 0 atom stereocenters. The molecular formula is C10H11N3O. The summed E-state index contributed by atoms with van der Waals surface area (Å²) in [5.74, 6) is 0.767. The minimum absolute atomic E-state index is 0.592. The Morgan fingerprint density at radius 2 is 2.29 bits per heavy atom. The van der Waals surface area contributed by atoms with Crippen LogP contribution >= 0.6 is 0 Å². The van der Waals surface area contributed by atoms with Crippen LogP contribution in [0.15, 0.2) is 35.2 Å². The number of aromatic nitrogens is 2. The van der Waals surface area contributed by atoms with E-state index in [0.29, 0.717) is 6.54 Å². The third-order valence-electron chi connectivity index (χ3n) is 1.98. The van der Waals surface area contributed by atoms with E-state index in [9.17, 15) is 0 Å². The summed E-state index contributed by atoms with van der Waals surface area (Å²) in [6, 6.07) is 3.80. The molecule has 4 nitrogen and oxygen atoms in total. The van der Waals surface area contributed by atoms with Crippen molar-refractivity contribution in [3.8, 4) is 11.3 Å². The van der Waals surface area contributed by atoms with Gasteiger partial charge in [-0.05, 0) is 25.1 Å². The second-order valence-electron chi connectivity index (χ2n) is 2.96. The topological polar surface area (TPSA) is 64.9 Å². The van der Waals surface area contributed by atoms with E-state index in [1.165, 1.54) is 0 Å². The van der Waals surface area contributed by atoms with E-state index >= 15 is 0 Å². The van der Waals surface area contributed by atoms with Crippen LogP contribution in [-0.2, 0) is 6.42 Å². The molecule has 0 aliphatic rings. The summed E-state index contributed by atoms with van der Waals surface area (Å²) in [7, 11) is 0. The van der Waals surface area contributed by atoms with Crippen molar-refractivity contribution in [1.29, 1.82) is 0 Å². The van der Waals surface area contributed by atoms with Gasteiger partial charge in [0.05, 0.1) is 6.20 Å². The van der Waals surface area contributed by atoms with Crippen molar-refractivity contribution in [3.63, 3.8) is 0 Å². The first-order valence-corrected chi connectivity index (χ1v) is 4.46. The highest BCUT2D eigenvalue weighted by Gasteiger charge is 2.09. The molecule has 0 spiro atoms. The van der Waals surface area contributed by atoms with Crippen molar-refractivity contribution in [2.75, 3.05) is 6.54 Å². The Kier molecular flexibility index (Phi) is 2.55. The summed E-state index contributed by atoms with van der Waals surface area (Å²) in [6.07, 6.45) is 5.95. The quantitative estimate of drug-likeness (QED) is 0.788. The Bertz CT molecular complexity index is 397. The molecule has 0 aromatic carbocycles. The summed E-state index contributed by atoms with van der Waals surface area (Å²) in [5, 5.41) is 3.76. The first-order valence-electron chi connectivity index (χ1n) is 4.46. The fraction of sp³-hybridized carbons (Fsp3) is 0.200. The molecule has 2 rings (SSSR count). The minimum atomic E-state index is 0.592. The summed E-state index contributed by atoms with van der Waals surface area (Å²) < 4.78 is 5.16. The van der Waals surface area contributed by atoms with E-state index < -0.39 is 0 Å². The van der Waals surface area contributed by atoms with E-state index in [1.807, 2.05) is 12.1 Å². The highest BCUT2D eigenvalue weighted by atomic mass is 16.5. The van der Waals surface area contributed by atoms with Gasteiger partial charge in [-0.15, -0.1) is 0 Å². The Morgan fingerprint density at radius 1 is 1.36 bits per heavy atom. The van der Waals surface area contributed by atoms with Crippen LogP contribution in [0, 0.1) is 0 Å². The fourth-order valence-electron chi connectivity index (χ4n) is 1.33. The first-order chi connectivity index (χ1) is 6.92. The summed E-state index contributed by atoms with van der Waals surface area (Å²) in [4.78, 5) is 4.02. The summed E-state index contributed by atoms with van der Waals surface area (Å²) in [5.41, 5.74) is 7.45. The van der Waals surface area contributed by atoms with Crippen LogP contribution in [0.25, 0.3) is 11.3 Å². The SMILES string of the molecule is NCCc1cnoc1-c1cccnc1. The van der Waals surface area contributed by atoms with Gasteiger partial charge in [0.15, 0.2) is 5.76 Å². The van der Waals surface area contributed by atoms with Crippen molar-refractivity contribution >= 4 is 0 Å². The molecule has 0 saturated carbocycles. The van der Waals surface area contributed by atoms with Crippen molar-refractivity contribution in [3.05, 3.63) is 36.3 Å². The van der Waals surface area contributed by atoms with E-state index in [-0.39, 0.29) is 0 Å². The van der Waals surface area contributed by atoms with Gasteiger partial charge in [-0.2, -0.15) is 0 Å². The molecule has 4 heteroatoms. The van der Waals surface area contributed by atoms with Crippen LogP contribution in [0.2, 0.25) is 0 Å². The van der Waals surface area contributed by atoms with Gasteiger partial charge in [0.2, 0.25) is 0 Å². The third kappa shape index (κ3) is 1.65. The molecule has 14 heavy (non-hydrogen) atoms. The smallest absolute Gasteiger partial charge is 0.171 e. The molecule has 0 aliphatic carbocycles. The zero-order valence-corrected chi connectivity index (χ0v) is 7.68. The molecule has 0 aliphatic heterocycles. The van der Waals surface area contributed by atoms with Gasteiger partial charge in [0, 0.05) is 23.5 Å². The number of nitrogens with zero attached hydrogens (tertiary/aromatic N) is 2. The number of hydrogen-bond donors (Lipinski definition) is 1. The third-order valence-corrected chi connectivity index (χ3v) is 1.98. The molecule has 0 fully saturated rings.